The van der Waals surface area contributed by atoms with Gasteiger partial charge in [0.1, 0.15) is 5.76 Å². The zero-order valence-electron chi connectivity index (χ0n) is 13.5. The molecule has 0 aliphatic heterocycles. The van der Waals surface area contributed by atoms with E-state index >= 15 is 0 Å². The van der Waals surface area contributed by atoms with Crippen molar-refractivity contribution in [3.05, 3.63) is 46.5 Å². The molecule has 124 valence electrons. The fourth-order valence-electron chi connectivity index (χ4n) is 2.91. The van der Waals surface area contributed by atoms with Crippen LogP contribution in [0.3, 0.4) is 0 Å². The Balaban J connectivity index is 1.54. The topological polar surface area (TPSA) is 49.6 Å². The second-order valence-corrected chi connectivity index (χ2v) is 7.01. The monoisotopic (exact) mass is 331 g/mol. The molecule has 2 aromatic rings. The Kier molecular flexibility index (Phi) is 6.15. The molecule has 1 saturated carbocycles. The molecule has 0 radical (unpaired) electrons. The highest BCUT2D eigenvalue weighted by molar-refractivity contribution is 7.09. The minimum Gasteiger partial charge on any atom is -0.469 e. The molecule has 3 rings (SSSR count). The van der Waals surface area contributed by atoms with Crippen LogP contribution in [0.15, 0.2) is 45.3 Å². The van der Waals surface area contributed by atoms with Gasteiger partial charge < -0.3 is 15.1 Å². The average Bonchev–Trinajstić information content (AvgIpc) is 3.27. The molecule has 23 heavy (non-hydrogen) atoms. The van der Waals surface area contributed by atoms with E-state index in [0.29, 0.717) is 6.04 Å². The van der Waals surface area contributed by atoms with Gasteiger partial charge in [0.05, 0.1) is 12.8 Å². The smallest absolute Gasteiger partial charge is 0.191 e. The second kappa shape index (κ2) is 8.77. The van der Waals surface area contributed by atoms with Crippen molar-refractivity contribution in [1.29, 1.82) is 0 Å². The van der Waals surface area contributed by atoms with E-state index in [-0.39, 0.29) is 0 Å². The van der Waals surface area contributed by atoms with Crippen LogP contribution < -0.4 is 10.6 Å². The lowest BCUT2D eigenvalue weighted by molar-refractivity contribution is 0.409. The third kappa shape index (κ3) is 5.43. The van der Waals surface area contributed by atoms with Crippen molar-refractivity contribution < 1.29 is 4.42 Å². The molecule has 0 aromatic carbocycles. The largest absolute Gasteiger partial charge is 0.469 e. The van der Waals surface area contributed by atoms with E-state index in [2.05, 4.69) is 28.1 Å². The molecule has 1 fully saturated rings. The Morgan fingerprint density at radius 3 is 2.87 bits per heavy atom. The van der Waals surface area contributed by atoms with Crippen molar-refractivity contribution in [2.75, 3.05) is 6.54 Å². The van der Waals surface area contributed by atoms with E-state index in [9.17, 15) is 0 Å². The molecule has 0 saturated heterocycles. The van der Waals surface area contributed by atoms with Gasteiger partial charge in [0.25, 0.3) is 0 Å². The highest BCUT2D eigenvalue weighted by atomic mass is 32.1. The van der Waals surface area contributed by atoms with Gasteiger partial charge in [-0.05, 0) is 36.4 Å². The van der Waals surface area contributed by atoms with E-state index in [4.69, 9.17) is 9.41 Å². The summed E-state index contributed by atoms with van der Waals surface area (Å²) in [6.45, 7) is 1.57. The van der Waals surface area contributed by atoms with Crippen LogP contribution in [0.2, 0.25) is 0 Å². The third-order valence-electron chi connectivity index (χ3n) is 4.16. The fraction of sp³-hybridized carbons (Fsp3) is 0.500. The standard InChI is InChI=1S/C18H25N3OS/c1-2-6-15(7-3-1)21-18(20-14-17-9-5-13-23-17)19-11-10-16-8-4-12-22-16/h4-5,8-9,12-13,15H,1-3,6-7,10-11,14H2,(H2,19,20,21). The molecule has 4 nitrogen and oxygen atoms in total. The number of furan rings is 1. The molecule has 2 N–H and O–H groups in total. The number of guanidine groups is 1. The van der Waals surface area contributed by atoms with Crippen LogP contribution in [0.5, 0.6) is 0 Å². The van der Waals surface area contributed by atoms with Gasteiger partial charge in [-0.3, -0.25) is 0 Å². The lowest BCUT2D eigenvalue weighted by Gasteiger charge is -2.25. The first-order chi connectivity index (χ1) is 11.4. The van der Waals surface area contributed by atoms with Gasteiger partial charge in [0, 0.05) is 23.9 Å². The van der Waals surface area contributed by atoms with Crippen molar-refractivity contribution in [3.8, 4) is 0 Å². The molecule has 5 heteroatoms. The lowest BCUT2D eigenvalue weighted by Crippen LogP contribution is -2.44. The van der Waals surface area contributed by atoms with Crippen LogP contribution in [-0.4, -0.2) is 18.5 Å². The molecular formula is C18H25N3OS. The molecule has 0 bridgehead atoms. The number of thiophene rings is 1. The maximum atomic E-state index is 5.39. The van der Waals surface area contributed by atoms with E-state index in [0.717, 1.165) is 31.2 Å². The fourth-order valence-corrected chi connectivity index (χ4v) is 3.54. The van der Waals surface area contributed by atoms with Crippen LogP contribution in [0.1, 0.15) is 42.7 Å². The summed E-state index contributed by atoms with van der Waals surface area (Å²) in [5, 5.41) is 9.16. The Hall–Kier alpha value is -1.75. The number of aliphatic imine (C=N–C) groups is 1. The Morgan fingerprint density at radius 1 is 1.22 bits per heavy atom. The minimum atomic E-state index is 0.557. The van der Waals surface area contributed by atoms with Gasteiger partial charge in [-0.25, -0.2) is 4.99 Å². The summed E-state index contributed by atoms with van der Waals surface area (Å²) >= 11 is 1.76. The summed E-state index contributed by atoms with van der Waals surface area (Å²) in [5.74, 6) is 1.93. The maximum absolute atomic E-state index is 5.39. The number of hydrogen-bond acceptors (Lipinski definition) is 3. The number of rotatable bonds is 6. The average molecular weight is 331 g/mol. The summed E-state index contributed by atoms with van der Waals surface area (Å²) in [6, 6.07) is 8.71. The van der Waals surface area contributed by atoms with Crippen LogP contribution in [-0.2, 0) is 13.0 Å². The highest BCUT2D eigenvalue weighted by Crippen LogP contribution is 2.17. The summed E-state index contributed by atoms with van der Waals surface area (Å²) < 4.78 is 5.39. The van der Waals surface area contributed by atoms with Crippen LogP contribution in [0.4, 0.5) is 0 Å². The normalized spacial score (nSPS) is 16.4. The first kappa shape index (κ1) is 16.1. The molecular weight excluding hydrogens is 306 g/mol. The van der Waals surface area contributed by atoms with Crippen molar-refractivity contribution in [2.45, 2.75) is 51.1 Å². The van der Waals surface area contributed by atoms with E-state index in [1.807, 2.05) is 12.1 Å². The predicted octanol–water partition coefficient (Wildman–Crippen LogP) is 3.95. The molecule has 0 atom stereocenters. The van der Waals surface area contributed by atoms with Gasteiger partial charge in [0.2, 0.25) is 0 Å². The Bertz CT molecular complexity index is 571. The van der Waals surface area contributed by atoms with Crippen molar-refractivity contribution in [3.63, 3.8) is 0 Å². The quantitative estimate of drug-likeness (QED) is 0.622. The second-order valence-electron chi connectivity index (χ2n) is 5.98. The zero-order valence-corrected chi connectivity index (χ0v) is 14.3. The molecule has 2 aromatic heterocycles. The first-order valence-electron chi connectivity index (χ1n) is 8.50. The lowest BCUT2D eigenvalue weighted by atomic mass is 9.96. The summed E-state index contributed by atoms with van der Waals surface area (Å²) in [4.78, 5) is 6.05. The SMILES string of the molecule is c1coc(CCNC(=NCc2cccs2)NC2CCCCC2)c1. The molecule has 0 spiro atoms. The minimum absolute atomic E-state index is 0.557. The molecule has 1 aliphatic carbocycles. The molecule has 0 amide bonds. The first-order valence-corrected chi connectivity index (χ1v) is 9.38. The van der Waals surface area contributed by atoms with E-state index in [1.165, 1.54) is 37.0 Å². The van der Waals surface area contributed by atoms with Gasteiger partial charge in [-0.1, -0.05) is 25.3 Å². The van der Waals surface area contributed by atoms with Gasteiger partial charge in [0.15, 0.2) is 5.96 Å². The summed E-state index contributed by atoms with van der Waals surface area (Å²) in [7, 11) is 0. The van der Waals surface area contributed by atoms with Gasteiger partial charge in [-0.15, -0.1) is 11.3 Å². The zero-order chi connectivity index (χ0) is 15.7. The van der Waals surface area contributed by atoms with Gasteiger partial charge >= 0.3 is 0 Å². The van der Waals surface area contributed by atoms with Crippen LogP contribution in [0.25, 0.3) is 0 Å². The number of hydrogen-bond donors (Lipinski definition) is 2. The van der Waals surface area contributed by atoms with Crippen LogP contribution >= 0.6 is 11.3 Å². The third-order valence-corrected chi connectivity index (χ3v) is 5.02. The molecule has 2 heterocycles. The van der Waals surface area contributed by atoms with Crippen LogP contribution in [0, 0.1) is 0 Å². The molecule has 0 unspecified atom stereocenters. The maximum Gasteiger partial charge on any atom is 0.191 e. The predicted molar refractivity (Wildman–Crippen MR) is 95.9 cm³/mol. The van der Waals surface area contributed by atoms with Gasteiger partial charge in [-0.2, -0.15) is 0 Å². The van der Waals surface area contributed by atoms with E-state index < -0.39 is 0 Å². The van der Waals surface area contributed by atoms with E-state index in [1.54, 1.807) is 17.6 Å². The van der Waals surface area contributed by atoms with Crippen molar-refractivity contribution in [1.82, 2.24) is 10.6 Å². The summed E-state index contributed by atoms with van der Waals surface area (Å²) in [5.41, 5.74) is 0. The number of nitrogens with zero attached hydrogens (tertiary/aromatic N) is 1. The Labute approximate surface area is 142 Å². The highest BCUT2D eigenvalue weighted by Gasteiger charge is 2.14. The van der Waals surface area contributed by atoms with Crippen molar-refractivity contribution >= 4 is 17.3 Å². The molecule has 1 aliphatic rings. The Morgan fingerprint density at radius 2 is 2.13 bits per heavy atom. The van der Waals surface area contributed by atoms with Crippen molar-refractivity contribution in [2.24, 2.45) is 4.99 Å². The number of nitrogens with one attached hydrogen (secondary N) is 2. The summed E-state index contributed by atoms with van der Waals surface area (Å²) in [6.07, 6.45) is 9.10.